The Kier molecular flexibility index (Phi) is 4.64. The van der Waals surface area contributed by atoms with Crippen LogP contribution < -0.4 is 9.64 Å². The summed E-state index contributed by atoms with van der Waals surface area (Å²) in [5, 5.41) is 0. The molecule has 2 aromatic carbocycles. The number of thiophene rings is 1. The molecule has 4 nitrogen and oxygen atoms in total. The van der Waals surface area contributed by atoms with Crippen LogP contribution in [0, 0.1) is 13.8 Å². The number of nitrogens with one attached hydrogen (secondary N) is 1. The Morgan fingerprint density at radius 3 is 2.59 bits per heavy atom. The summed E-state index contributed by atoms with van der Waals surface area (Å²) >= 11 is 1.51. The molecule has 4 rings (SSSR count). The molecule has 27 heavy (non-hydrogen) atoms. The van der Waals surface area contributed by atoms with E-state index in [0.717, 1.165) is 31.7 Å². The molecule has 1 aromatic heterocycles. The number of hydrogen-bond acceptors (Lipinski definition) is 4. The van der Waals surface area contributed by atoms with Crippen molar-refractivity contribution in [1.29, 1.82) is 0 Å². The second kappa shape index (κ2) is 7.10. The van der Waals surface area contributed by atoms with Crippen LogP contribution in [-0.4, -0.2) is 19.4 Å². The highest BCUT2D eigenvalue weighted by Gasteiger charge is 2.30. The van der Waals surface area contributed by atoms with Gasteiger partial charge < -0.3 is 4.74 Å². The quantitative estimate of drug-likeness (QED) is 0.748. The van der Waals surface area contributed by atoms with Crippen molar-refractivity contribution >= 4 is 29.3 Å². The lowest BCUT2D eigenvalue weighted by Crippen LogP contribution is -3.12. The van der Waals surface area contributed by atoms with Gasteiger partial charge in [-0.1, -0.05) is 23.8 Å². The van der Waals surface area contributed by atoms with Crippen molar-refractivity contribution in [3.8, 4) is 16.2 Å². The van der Waals surface area contributed by atoms with E-state index in [4.69, 9.17) is 4.74 Å². The first-order chi connectivity index (χ1) is 13.0. The van der Waals surface area contributed by atoms with Gasteiger partial charge in [0.25, 0.3) is 0 Å². The maximum absolute atomic E-state index is 13.0. The molecule has 136 valence electrons. The highest BCUT2D eigenvalue weighted by Crippen LogP contribution is 2.37. The minimum atomic E-state index is 0.0886. The number of carbonyl (C=O) groups is 1. The molecule has 1 aliphatic heterocycles. The normalized spacial score (nSPS) is 15.7. The van der Waals surface area contributed by atoms with Gasteiger partial charge in [-0.25, -0.2) is 14.7 Å². The van der Waals surface area contributed by atoms with Crippen molar-refractivity contribution in [2.24, 2.45) is 4.99 Å². The van der Waals surface area contributed by atoms with Crippen LogP contribution in [-0.2, 0) is 6.54 Å². The third-order valence-electron chi connectivity index (χ3n) is 4.83. The highest BCUT2D eigenvalue weighted by molar-refractivity contribution is 7.18. The molecule has 0 bridgehead atoms. The summed E-state index contributed by atoms with van der Waals surface area (Å²) in [4.78, 5) is 20.1. The zero-order valence-electron chi connectivity index (χ0n) is 15.6. The van der Waals surface area contributed by atoms with Gasteiger partial charge in [0.1, 0.15) is 12.3 Å². The zero-order valence-corrected chi connectivity index (χ0v) is 16.4. The minimum absolute atomic E-state index is 0.0886. The molecular formula is C22H21N2O2S+. The van der Waals surface area contributed by atoms with Crippen LogP contribution in [0.15, 0.2) is 53.5 Å². The number of ether oxygens (including phenoxy) is 1. The van der Waals surface area contributed by atoms with Crippen molar-refractivity contribution in [3.63, 3.8) is 0 Å². The molecule has 1 amide bonds. The summed E-state index contributed by atoms with van der Waals surface area (Å²) in [6.45, 7) is 4.77. The summed E-state index contributed by atoms with van der Waals surface area (Å²) in [6.07, 6.45) is 1.73. The molecule has 3 aromatic rings. The van der Waals surface area contributed by atoms with Crippen molar-refractivity contribution in [2.45, 2.75) is 20.4 Å². The van der Waals surface area contributed by atoms with Gasteiger partial charge in [0, 0.05) is 10.4 Å². The predicted octanol–water partition coefficient (Wildman–Crippen LogP) is 3.94. The molecule has 5 heteroatoms. The van der Waals surface area contributed by atoms with Crippen LogP contribution in [0.2, 0.25) is 0 Å². The van der Waals surface area contributed by atoms with E-state index in [2.05, 4.69) is 37.0 Å². The van der Waals surface area contributed by atoms with E-state index in [9.17, 15) is 4.79 Å². The lowest BCUT2D eigenvalue weighted by molar-refractivity contribution is -0.721. The number of amides is 1. The Balaban J connectivity index is 1.60. The fraction of sp³-hybridized carbons (Fsp3) is 0.182. The van der Waals surface area contributed by atoms with Crippen LogP contribution in [0.1, 0.15) is 26.4 Å². The van der Waals surface area contributed by atoms with Gasteiger partial charge in [-0.2, -0.15) is 0 Å². The summed E-state index contributed by atoms with van der Waals surface area (Å²) in [7, 11) is 1.65. The van der Waals surface area contributed by atoms with Crippen LogP contribution in [0.4, 0.5) is 5.69 Å². The molecule has 0 saturated carbocycles. The van der Waals surface area contributed by atoms with Gasteiger partial charge in [-0.3, -0.25) is 0 Å². The van der Waals surface area contributed by atoms with E-state index >= 15 is 0 Å². The molecule has 0 spiro atoms. The summed E-state index contributed by atoms with van der Waals surface area (Å²) in [6, 6.07) is 16.2. The Morgan fingerprint density at radius 1 is 1.07 bits per heavy atom. The number of benzene rings is 2. The van der Waals surface area contributed by atoms with Crippen molar-refractivity contribution in [2.75, 3.05) is 7.11 Å². The first-order valence-corrected chi connectivity index (χ1v) is 9.66. The molecule has 0 aliphatic carbocycles. The monoisotopic (exact) mass is 377 g/mol. The standard InChI is InChI=1S/C22H20N2O2S/c1-14-4-5-15(2)17(10-14)12-24-13-23-19-11-20(27-21(19)22(24)25)16-6-8-18(26-3)9-7-16/h4-11,13H,12H2,1-3H3/p+1. The average molecular weight is 377 g/mol. The van der Waals surface area contributed by atoms with Crippen LogP contribution in [0.5, 0.6) is 5.75 Å². The lowest BCUT2D eigenvalue weighted by atomic mass is 10.1. The van der Waals surface area contributed by atoms with Gasteiger partial charge in [-0.05, 0) is 55.3 Å². The SMILES string of the molecule is COc1ccc(-c2cc3c(s2)C(=O)[NH+](Cc2cc(C)ccc2C)C=N3)cc1. The topological polar surface area (TPSA) is 43.1 Å². The van der Waals surface area contributed by atoms with Gasteiger partial charge in [-0.15, -0.1) is 11.3 Å². The molecule has 1 unspecified atom stereocenters. The molecule has 1 aliphatic rings. The zero-order chi connectivity index (χ0) is 19.0. The van der Waals surface area contributed by atoms with E-state index in [1.165, 1.54) is 28.0 Å². The van der Waals surface area contributed by atoms with Crippen LogP contribution >= 0.6 is 11.3 Å². The highest BCUT2D eigenvalue weighted by atomic mass is 32.1. The summed E-state index contributed by atoms with van der Waals surface area (Å²) < 4.78 is 5.21. The first kappa shape index (κ1) is 17.6. The molecular weight excluding hydrogens is 356 g/mol. The number of nitrogens with zero attached hydrogens (tertiary/aromatic N) is 1. The van der Waals surface area contributed by atoms with Crippen LogP contribution in [0.3, 0.4) is 0 Å². The summed E-state index contributed by atoms with van der Waals surface area (Å²) in [5.41, 5.74) is 5.41. The van der Waals surface area contributed by atoms with E-state index in [1.54, 1.807) is 13.4 Å². The third-order valence-corrected chi connectivity index (χ3v) is 6.00. The van der Waals surface area contributed by atoms with Gasteiger partial charge in [0.15, 0.2) is 11.2 Å². The number of rotatable bonds is 4. The number of aryl methyl sites for hydroxylation is 2. The molecule has 1 atom stereocenters. The number of aliphatic imine (C=N–C) groups is 1. The fourth-order valence-corrected chi connectivity index (χ4v) is 4.30. The largest absolute Gasteiger partial charge is 0.497 e. The average Bonchev–Trinajstić information content (AvgIpc) is 3.12. The second-order valence-corrected chi connectivity index (χ2v) is 7.82. The maximum atomic E-state index is 13.0. The maximum Gasteiger partial charge on any atom is 0.362 e. The number of hydrogen-bond donors (Lipinski definition) is 1. The molecule has 0 saturated heterocycles. The minimum Gasteiger partial charge on any atom is -0.497 e. The molecule has 2 heterocycles. The van der Waals surface area contributed by atoms with E-state index in [1.807, 2.05) is 30.3 Å². The Morgan fingerprint density at radius 2 is 1.85 bits per heavy atom. The number of fused-ring (bicyclic) bond motifs is 1. The van der Waals surface area contributed by atoms with Crippen molar-refractivity contribution in [1.82, 2.24) is 0 Å². The smallest absolute Gasteiger partial charge is 0.362 e. The van der Waals surface area contributed by atoms with Gasteiger partial charge in [0.2, 0.25) is 0 Å². The Bertz CT molecular complexity index is 1030. The Hall–Kier alpha value is -2.76. The first-order valence-electron chi connectivity index (χ1n) is 8.84. The number of methoxy groups -OCH3 is 1. The Labute approximate surface area is 162 Å². The predicted molar refractivity (Wildman–Crippen MR) is 109 cm³/mol. The van der Waals surface area contributed by atoms with E-state index in [-0.39, 0.29) is 5.91 Å². The lowest BCUT2D eigenvalue weighted by Gasteiger charge is -2.16. The van der Waals surface area contributed by atoms with Crippen molar-refractivity contribution < 1.29 is 14.4 Å². The molecule has 0 radical (unpaired) electrons. The molecule has 1 N–H and O–H groups in total. The van der Waals surface area contributed by atoms with Crippen molar-refractivity contribution in [3.05, 3.63) is 70.1 Å². The van der Waals surface area contributed by atoms with Gasteiger partial charge >= 0.3 is 5.91 Å². The van der Waals surface area contributed by atoms with E-state index < -0.39 is 0 Å². The third kappa shape index (κ3) is 3.44. The number of quaternary nitrogens is 1. The van der Waals surface area contributed by atoms with E-state index in [0.29, 0.717) is 6.54 Å². The molecule has 0 fully saturated rings. The number of carbonyl (C=O) groups excluding carboxylic acids is 1. The summed E-state index contributed by atoms with van der Waals surface area (Å²) in [5.74, 6) is 0.906. The van der Waals surface area contributed by atoms with Gasteiger partial charge in [0.05, 0.1) is 12.8 Å². The van der Waals surface area contributed by atoms with Crippen LogP contribution in [0.25, 0.3) is 10.4 Å². The fourth-order valence-electron chi connectivity index (χ4n) is 3.21. The second-order valence-electron chi connectivity index (χ2n) is 6.77.